The number of hydrogen-bond acceptors (Lipinski definition) is 5. The molecule has 1 saturated heterocycles. The van der Waals surface area contributed by atoms with Crippen LogP contribution in [0.1, 0.15) is 44.7 Å². The Labute approximate surface area is 260 Å². The minimum Gasteiger partial charge on any atom is -0.445 e. The maximum Gasteiger partial charge on any atom is 0.471 e. The van der Waals surface area contributed by atoms with Crippen LogP contribution in [0.3, 0.4) is 0 Å². The maximum absolute atomic E-state index is 13.6. The van der Waals surface area contributed by atoms with Crippen molar-refractivity contribution in [1.82, 2.24) is 9.62 Å². The molecule has 0 radical (unpaired) electrons. The van der Waals surface area contributed by atoms with Crippen LogP contribution in [0.5, 0.6) is 0 Å². The van der Waals surface area contributed by atoms with Gasteiger partial charge in [0.05, 0.1) is 17.5 Å². The standard InChI is InChI=1S/C28H32Br2F3N3O5S/c1-27(2,3)34-42(39,40)18-20-15-22(29)24(23(30)16-20)36(25(37)28(31,32)33)14-8-12-21-11-7-13-35(21)26(38)41-17-19-9-5-4-6-10-19/h4-6,8-10,12,15-16,21,34H,7,11,13-14,17-18H2,1-3H3. The molecule has 1 unspecified atom stereocenters. The van der Waals surface area contributed by atoms with E-state index in [4.69, 9.17) is 4.74 Å². The second kappa shape index (κ2) is 13.9. The first-order chi connectivity index (χ1) is 19.5. The number of likely N-dealkylation sites (tertiary alicyclic amines) is 1. The topological polar surface area (TPSA) is 96.0 Å². The van der Waals surface area contributed by atoms with Crippen molar-refractivity contribution in [2.75, 3.05) is 18.0 Å². The molecule has 2 amide bonds. The van der Waals surface area contributed by atoms with Gasteiger partial charge in [-0.25, -0.2) is 17.9 Å². The quantitative estimate of drug-likeness (QED) is 0.290. The summed E-state index contributed by atoms with van der Waals surface area (Å²) in [5, 5.41) is 0. The predicted molar refractivity (Wildman–Crippen MR) is 161 cm³/mol. The fourth-order valence-electron chi connectivity index (χ4n) is 4.45. The van der Waals surface area contributed by atoms with E-state index in [-0.39, 0.29) is 21.2 Å². The van der Waals surface area contributed by atoms with Gasteiger partial charge in [-0.2, -0.15) is 13.2 Å². The number of nitrogens with zero attached hydrogens (tertiary/aromatic N) is 2. The molecule has 1 atom stereocenters. The number of halogens is 5. The molecule has 1 heterocycles. The Morgan fingerprint density at radius 2 is 1.71 bits per heavy atom. The smallest absolute Gasteiger partial charge is 0.445 e. The van der Waals surface area contributed by atoms with Crippen LogP contribution < -0.4 is 9.62 Å². The second-order valence-corrected chi connectivity index (χ2v) is 14.2. The molecule has 1 N–H and O–H groups in total. The van der Waals surface area contributed by atoms with Crippen molar-refractivity contribution in [3.05, 3.63) is 74.7 Å². The number of nitrogens with one attached hydrogen (secondary N) is 1. The summed E-state index contributed by atoms with van der Waals surface area (Å²) >= 11 is 6.45. The minimum absolute atomic E-state index is 0.0894. The van der Waals surface area contributed by atoms with Gasteiger partial charge in [0.2, 0.25) is 10.0 Å². The van der Waals surface area contributed by atoms with Crippen LogP contribution >= 0.6 is 31.9 Å². The summed E-state index contributed by atoms with van der Waals surface area (Å²) in [5.41, 5.74) is 0.282. The van der Waals surface area contributed by atoms with Crippen molar-refractivity contribution in [1.29, 1.82) is 0 Å². The fraction of sp³-hybridized carbons (Fsp3) is 0.429. The number of carbonyl (C=O) groups is 2. The molecule has 42 heavy (non-hydrogen) atoms. The first kappa shape index (κ1) is 34.1. The van der Waals surface area contributed by atoms with Crippen molar-refractivity contribution < 1.29 is 35.9 Å². The number of alkyl halides is 3. The van der Waals surface area contributed by atoms with Gasteiger partial charge in [0.15, 0.2) is 0 Å². The van der Waals surface area contributed by atoms with Gasteiger partial charge in [-0.05, 0) is 88.7 Å². The lowest BCUT2D eigenvalue weighted by Crippen LogP contribution is -2.42. The van der Waals surface area contributed by atoms with Crippen molar-refractivity contribution in [3.63, 3.8) is 0 Å². The van der Waals surface area contributed by atoms with Gasteiger partial charge in [-0.1, -0.05) is 42.5 Å². The van der Waals surface area contributed by atoms with Crippen LogP contribution in [0.2, 0.25) is 0 Å². The van der Waals surface area contributed by atoms with Gasteiger partial charge >= 0.3 is 18.2 Å². The largest absolute Gasteiger partial charge is 0.471 e. The summed E-state index contributed by atoms with van der Waals surface area (Å²) < 4.78 is 74.1. The average molecular weight is 739 g/mol. The number of carbonyl (C=O) groups excluding carboxylic acids is 2. The SMILES string of the molecule is CC(C)(C)NS(=O)(=O)Cc1cc(Br)c(N(CC=CC2CCCN2C(=O)OCc2ccccc2)C(=O)C(F)(F)F)c(Br)c1. The molecule has 0 aliphatic carbocycles. The molecular weight excluding hydrogens is 707 g/mol. The molecule has 1 aliphatic rings. The Hall–Kier alpha value is -2.42. The number of rotatable bonds is 9. The molecule has 1 fully saturated rings. The zero-order valence-electron chi connectivity index (χ0n) is 23.2. The van der Waals surface area contributed by atoms with E-state index in [1.807, 2.05) is 30.3 Å². The molecule has 2 aromatic carbocycles. The second-order valence-electron chi connectivity index (χ2n) is 10.8. The van der Waals surface area contributed by atoms with Crippen LogP contribution in [-0.4, -0.2) is 56.2 Å². The predicted octanol–water partition coefficient (Wildman–Crippen LogP) is 6.68. The molecule has 14 heteroatoms. The van der Waals surface area contributed by atoms with E-state index in [9.17, 15) is 31.2 Å². The lowest BCUT2D eigenvalue weighted by atomic mass is 10.1. The normalized spacial score (nSPS) is 16.2. The Bertz CT molecular complexity index is 1390. The van der Waals surface area contributed by atoms with Crippen LogP contribution in [0.25, 0.3) is 0 Å². The van der Waals surface area contributed by atoms with E-state index in [2.05, 4.69) is 36.6 Å². The first-order valence-corrected chi connectivity index (χ1v) is 16.2. The van der Waals surface area contributed by atoms with Crippen molar-refractivity contribution in [3.8, 4) is 0 Å². The molecule has 0 spiro atoms. The van der Waals surface area contributed by atoms with Crippen LogP contribution in [0.15, 0.2) is 63.6 Å². The summed E-state index contributed by atoms with van der Waals surface area (Å²) in [6, 6.07) is 11.5. The molecule has 0 bridgehead atoms. The van der Waals surface area contributed by atoms with Crippen LogP contribution in [0.4, 0.5) is 23.7 Å². The van der Waals surface area contributed by atoms with Gasteiger partial charge < -0.3 is 9.64 Å². The van der Waals surface area contributed by atoms with Crippen molar-refractivity contribution in [2.45, 2.75) is 63.7 Å². The molecule has 0 aromatic heterocycles. The number of sulfonamides is 1. The van der Waals surface area contributed by atoms with E-state index < -0.39 is 52.1 Å². The highest BCUT2D eigenvalue weighted by Gasteiger charge is 2.44. The summed E-state index contributed by atoms with van der Waals surface area (Å²) in [6.07, 6.45) is -1.44. The van der Waals surface area contributed by atoms with E-state index in [0.717, 1.165) is 5.56 Å². The first-order valence-electron chi connectivity index (χ1n) is 13.0. The minimum atomic E-state index is -5.17. The van der Waals surface area contributed by atoms with E-state index in [1.54, 1.807) is 26.8 Å². The number of amides is 2. The molecule has 1 aliphatic heterocycles. The van der Waals surface area contributed by atoms with Gasteiger partial charge in [-0.3, -0.25) is 9.69 Å². The highest BCUT2D eigenvalue weighted by molar-refractivity contribution is 9.11. The summed E-state index contributed by atoms with van der Waals surface area (Å²) in [5.74, 6) is -2.53. The van der Waals surface area contributed by atoms with Gasteiger partial charge in [0, 0.05) is 27.6 Å². The number of ether oxygens (including phenoxy) is 1. The number of hydrogen-bond donors (Lipinski definition) is 1. The van der Waals surface area contributed by atoms with Crippen molar-refractivity contribution in [2.24, 2.45) is 0 Å². The van der Waals surface area contributed by atoms with Crippen LogP contribution in [-0.2, 0) is 31.9 Å². The Kier molecular flexibility index (Phi) is 11.3. The zero-order valence-corrected chi connectivity index (χ0v) is 27.2. The molecule has 3 rings (SSSR count). The Morgan fingerprint density at radius 1 is 1.10 bits per heavy atom. The molecule has 2 aromatic rings. The average Bonchev–Trinajstić information content (AvgIpc) is 3.32. The Balaban J connectivity index is 1.79. The van der Waals surface area contributed by atoms with Gasteiger partial charge in [-0.15, -0.1) is 0 Å². The highest BCUT2D eigenvalue weighted by Crippen LogP contribution is 2.38. The van der Waals surface area contributed by atoms with Crippen molar-refractivity contribution >= 4 is 59.6 Å². The molecular formula is C28H32Br2F3N3O5S. The van der Waals surface area contributed by atoms with E-state index in [0.29, 0.717) is 29.8 Å². The Morgan fingerprint density at radius 3 is 2.29 bits per heavy atom. The fourth-order valence-corrected chi connectivity index (χ4v) is 7.77. The van der Waals surface area contributed by atoms with Gasteiger partial charge in [0.25, 0.3) is 0 Å². The molecule has 0 saturated carbocycles. The monoisotopic (exact) mass is 737 g/mol. The third-order valence-electron chi connectivity index (χ3n) is 6.04. The highest BCUT2D eigenvalue weighted by atomic mass is 79.9. The number of benzene rings is 2. The lowest BCUT2D eigenvalue weighted by molar-refractivity contribution is -0.170. The third kappa shape index (κ3) is 9.81. The summed E-state index contributed by atoms with van der Waals surface area (Å²) in [7, 11) is -3.76. The molecule has 8 nitrogen and oxygen atoms in total. The van der Waals surface area contributed by atoms with E-state index >= 15 is 0 Å². The molecule has 230 valence electrons. The summed E-state index contributed by atoms with van der Waals surface area (Å²) in [6.45, 7) is 5.12. The van der Waals surface area contributed by atoms with Gasteiger partial charge in [0.1, 0.15) is 6.61 Å². The summed E-state index contributed by atoms with van der Waals surface area (Å²) in [4.78, 5) is 27.2. The maximum atomic E-state index is 13.6. The van der Waals surface area contributed by atoms with Crippen LogP contribution in [0, 0.1) is 0 Å². The third-order valence-corrected chi connectivity index (χ3v) is 8.88. The zero-order chi connectivity index (χ0) is 31.3. The lowest BCUT2D eigenvalue weighted by Gasteiger charge is -2.26. The number of anilines is 1. The van der Waals surface area contributed by atoms with E-state index in [1.165, 1.54) is 23.1 Å².